The highest BCUT2D eigenvalue weighted by atomic mass is 19.1. The maximum Gasteiger partial charge on any atom is 0.338 e. The zero-order valence-corrected chi connectivity index (χ0v) is 16.1. The molecule has 1 aromatic heterocycles. The van der Waals surface area contributed by atoms with E-state index in [2.05, 4.69) is 10.4 Å². The standard InChI is InChI=1S/C22H18FN3O4/c1-14-10-20(26(25-14)18-8-6-17(23)7-9-18)24-21(27)13-30-22(28)16-11-15-4-2-3-5-19(15)29-12-16/h2-11H,12-13H2,1H3,(H,24,27). The minimum atomic E-state index is -0.622. The van der Waals surface area contributed by atoms with E-state index < -0.39 is 18.5 Å². The molecule has 1 aliphatic heterocycles. The molecule has 0 saturated heterocycles. The molecule has 2 aromatic carbocycles. The fraction of sp³-hybridized carbons (Fsp3) is 0.136. The molecule has 0 bridgehead atoms. The zero-order valence-electron chi connectivity index (χ0n) is 16.1. The number of nitrogens with one attached hydrogen (secondary N) is 1. The number of amides is 1. The maximum absolute atomic E-state index is 13.2. The van der Waals surface area contributed by atoms with Gasteiger partial charge >= 0.3 is 5.97 Å². The second kappa shape index (κ2) is 8.20. The second-order valence-electron chi connectivity index (χ2n) is 6.68. The van der Waals surface area contributed by atoms with Crippen molar-refractivity contribution >= 4 is 23.8 Å². The zero-order chi connectivity index (χ0) is 21.1. The minimum Gasteiger partial charge on any atom is -0.488 e. The van der Waals surface area contributed by atoms with Crippen molar-refractivity contribution in [1.82, 2.24) is 9.78 Å². The fourth-order valence-electron chi connectivity index (χ4n) is 3.00. The first kappa shape index (κ1) is 19.4. The second-order valence-corrected chi connectivity index (χ2v) is 6.68. The number of hydrogen-bond donors (Lipinski definition) is 1. The number of ether oxygens (including phenoxy) is 2. The van der Waals surface area contributed by atoms with E-state index in [-0.39, 0.29) is 12.4 Å². The number of rotatable bonds is 5. The van der Waals surface area contributed by atoms with Crippen LogP contribution in [0.1, 0.15) is 11.3 Å². The molecule has 0 aliphatic carbocycles. The van der Waals surface area contributed by atoms with Gasteiger partial charge in [0.25, 0.3) is 5.91 Å². The smallest absolute Gasteiger partial charge is 0.338 e. The normalized spacial score (nSPS) is 12.4. The van der Waals surface area contributed by atoms with Gasteiger partial charge in [-0.25, -0.2) is 13.9 Å². The van der Waals surface area contributed by atoms with Crippen molar-refractivity contribution in [2.45, 2.75) is 6.92 Å². The lowest BCUT2D eigenvalue weighted by atomic mass is 10.1. The summed E-state index contributed by atoms with van der Waals surface area (Å²) >= 11 is 0. The molecular formula is C22H18FN3O4. The van der Waals surface area contributed by atoms with Gasteiger partial charge in [0.15, 0.2) is 6.61 Å². The van der Waals surface area contributed by atoms with Crippen molar-refractivity contribution in [3.05, 3.63) is 77.2 Å². The van der Waals surface area contributed by atoms with Gasteiger partial charge in [-0.2, -0.15) is 5.10 Å². The summed E-state index contributed by atoms with van der Waals surface area (Å²) < 4.78 is 25.3. The van der Waals surface area contributed by atoms with Crippen molar-refractivity contribution < 1.29 is 23.5 Å². The Hall–Kier alpha value is -3.94. The van der Waals surface area contributed by atoms with Crippen molar-refractivity contribution in [1.29, 1.82) is 0 Å². The van der Waals surface area contributed by atoms with Crippen LogP contribution in [0.2, 0.25) is 0 Å². The number of hydrogen-bond acceptors (Lipinski definition) is 5. The van der Waals surface area contributed by atoms with E-state index in [1.807, 2.05) is 24.3 Å². The van der Waals surface area contributed by atoms with Gasteiger partial charge in [-0.05, 0) is 43.3 Å². The number of esters is 1. The lowest BCUT2D eigenvalue weighted by molar-refractivity contribution is -0.143. The van der Waals surface area contributed by atoms with Crippen LogP contribution in [-0.4, -0.2) is 34.9 Å². The van der Waals surface area contributed by atoms with Gasteiger partial charge in [-0.1, -0.05) is 18.2 Å². The number of anilines is 1. The van der Waals surface area contributed by atoms with Crippen LogP contribution in [0.15, 0.2) is 60.2 Å². The van der Waals surface area contributed by atoms with Crippen LogP contribution in [0, 0.1) is 12.7 Å². The summed E-state index contributed by atoms with van der Waals surface area (Å²) in [4.78, 5) is 24.6. The number of halogens is 1. The molecule has 0 fully saturated rings. The van der Waals surface area contributed by atoms with E-state index in [1.54, 1.807) is 31.2 Å². The lowest BCUT2D eigenvalue weighted by Crippen LogP contribution is -2.24. The Balaban J connectivity index is 1.40. The summed E-state index contributed by atoms with van der Waals surface area (Å²) in [6, 6.07) is 14.7. The summed E-state index contributed by atoms with van der Waals surface area (Å²) in [6.45, 7) is 1.38. The van der Waals surface area contributed by atoms with E-state index in [0.717, 1.165) is 5.56 Å². The number of nitrogens with zero attached hydrogens (tertiary/aromatic N) is 2. The molecule has 1 aliphatic rings. The van der Waals surface area contributed by atoms with Gasteiger partial charge < -0.3 is 14.8 Å². The molecule has 3 aromatic rings. The summed E-state index contributed by atoms with van der Waals surface area (Å²) in [7, 11) is 0. The van der Waals surface area contributed by atoms with Crippen LogP contribution in [0.5, 0.6) is 5.75 Å². The highest BCUT2D eigenvalue weighted by molar-refractivity contribution is 5.98. The molecule has 7 nitrogen and oxygen atoms in total. The third-order valence-corrected chi connectivity index (χ3v) is 4.40. The van der Waals surface area contributed by atoms with Gasteiger partial charge in [-0.15, -0.1) is 0 Å². The Morgan fingerprint density at radius 2 is 1.97 bits per heavy atom. The molecule has 152 valence electrons. The molecule has 1 N–H and O–H groups in total. The third-order valence-electron chi connectivity index (χ3n) is 4.40. The molecule has 0 saturated carbocycles. The van der Waals surface area contributed by atoms with Crippen LogP contribution in [0.4, 0.5) is 10.2 Å². The molecule has 8 heteroatoms. The number of carbonyl (C=O) groups excluding carboxylic acids is 2. The number of carbonyl (C=O) groups is 2. The number of para-hydroxylation sites is 1. The SMILES string of the molecule is Cc1cc(NC(=O)COC(=O)C2=Cc3ccccc3OC2)n(-c2ccc(F)cc2)n1. The summed E-state index contributed by atoms with van der Waals surface area (Å²) in [5, 5.41) is 6.96. The first-order valence-corrected chi connectivity index (χ1v) is 9.21. The number of aryl methyl sites for hydroxylation is 1. The van der Waals surface area contributed by atoms with E-state index >= 15 is 0 Å². The Morgan fingerprint density at radius 3 is 2.77 bits per heavy atom. The highest BCUT2D eigenvalue weighted by Crippen LogP contribution is 2.26. The summed E-state index contributed by atoms with van der Waals surface area (Å²) in [5.74, 6) is -0.443. The predicted molar refractivity (Wildman–Crippen MR) is 108 cm³/mol. The quantitative estimate of drug-likeness (QED) is 0.657. The Kier molecular flexibility index (Phi) is 5.30. The maximum atomic E-state index is 13.2. The largest absolute Gasteiger partial charge is 0.488 e. The number of benzene rings is 2. The molecule has 0 unspecified atom stereocenters. The van der Waals surface area contributed by atoms with Crippen molar-refractivity contribution in [3.8, 4) is 11.4 Å². The van der Waals surface area contributed by atoms with E-state index in [9.17, 15) is 14.0 Å². The van der Waals surface area contributed by atoms with Crippen LogP contribution < -0.4 is 10.1 Å². The number of aromatic nitrogens is 2. The van der Waals surface area contributed by atoms with Gasteiger partial charge in [-0.3, -0.25) is 4.79 Å². The Bertz CT molecular complexity index is 1140. The van der Waals surface area contributed by atoms with Gasteiger partial charge in [0, 0.05) is 11.6 Å². The van der Waals surface area contributed by atoms with E-state index in [4.69, 9.17) is 9.47 Å². The molecule has 1 amide bonds. The molecule has 2 heterocycles. The van der Waals surface area contributed by atoms with Crippen LogP contribution in [0.25, 0.3) is 11.8 Å². The molecule has 0 atom stereocenters. The van der Waals surface area contributed by atoms with E-state index in [0.29, 0.717) is 28.5 Å². The molecular weight excluding hydrogens is 389 g/mol. The van der Waals surface area contributed by atoms with Gasteiger partial charge in [0.05, 0.1) is 17.0 Å². The summed E-state index contributed by atoms with van der Waals surface area (Å²) in [6.07, 6.45) is 1.69. The van der Waals surface area contributed by atoms with Crippen molar-refractivity contribution in [2.75, 3.05) is 18.5 Å². The molecule has 30 heavy (non-hydrogen) atoms. The molecule has 0 radical (unpaired) electrons. The number of fused-ring (bicyclic) bond motifs is 1. The van der Waals surface area contributed by atoms with Crippen LogP contribution >= 0.6 is 0 Å². The Morgan fingerprint density at radius 1 is 1.20 bits per heavy atom. The average Bonchev–Trinajstić information content (AvgIpc) is 3.12. The highest BCUT2D eigenvalue weighted by Gasteiger charge is 2.19. The van der Waals surface area contributed by atoms with Crippen LogP contribution in [-0.2, 0) is 14.3 Å². The van der Waals surface area contributed by atoms with Crippen molar-refractivity contribution in [3.63, 3.8) is 0 Å². The van der Waals surface area contributed by atoms with Crippen molar-refractivity contribution in [2.24, 2.45) is 0 Å². The molecule has 4 rings (SSSR count). The van der Waals surface area contributed by atoms with E-state index in [1.165, 1.54) is 16.8 Å². The first-order chi connectivity index (χ1) is 14.5. The molecule has 0 spiro atoms. The average molecular weight is 407 g/mol. The monoisotopic (exact) mass is 407 g/mol. The fourth-order valence-corrected chi connectivity index (χ4v) is 3.00. The predicted octanol–water partition coefficient (Wildman–Crippen LogP) is 3.28. The lowest BCUT2D eigenvalue weighted by Gasteiger charge is -2.16. The summed E-state index contributed by atoms with van der Waals surface area (Å²) in [5.41, 5.74) is 2.35. The first-order valence-electron chi connectivity index (χ1n) is 9.21. The van der Waals surface area contributed by atoms with Gasteiger partial charge in [0.1, 0.15) is 24.0 Å². The third kappa shape index (κ3) is 4.22. The Labute approximate surface area is 171 Å². The minimum absolute atomic E-state index is 0.0774. The topological polar surface area (TPSA) is 82.5 Å². The van der Waals surface area contributed by atoms with Crippen LogP contribution in [0.3, 0.4) is 0 Å². The van der Waals surface area contributed by atoms with Gasteiger partial charge in [0.2, 0.25) is 0 Å².